The van der Waals surface area contributed by atoms with Crippen molar-refractivity contribution in [2.24, 2.45) is 5.92 Å². The standard InChI is InChI=1S/C25H34N2O3/c1-18(2)15-26-25(29)20(5)27(16-21-9-7-6-8-10-21)24(28)17-30-23-13-11-22(12-14-23)19(3)4/h6-14,18-20H,15-17H2,1-5H3,(H,26,29)/t20-/m1/s1. The Hall–Kier alpha value is -2.82. The van der Waals surface area contributed by atoms with Crippen molar-refractivity contribution in [1.82, 2.24) is 10.2 Å². The van der Waals surface area contributed by atoms with Crippen molar-refractivity contribution in [3.8, 4) is 5.75 Å². The molecule has 0 heterocycles. The second kappa shape index (κ2) is 11.4. The van der Waals surface area contributed by atoms with Crippen molar-refractivity contribution in [2.45, 2.75) is 53.1 Å². The summed E-state index contributed by atoms with van der Waals surface area (Å²) in [5, 5.41) is 2.92. The zero-order chi connectivity index (χ0) is 22.1. The monoisotopic (exact) mass is 410 g/mol. The number of benzene rings is 2. The predicted octanol–water partition coefficient (Wildman–Crippen LogP) is 4.38. The number of hydrogen-bond acceptors (Lipinski definition) is 3. The highest BCUT2D eigenvalue weighted by atomic mass is 16.5. The van der Waals surface area contributed by atoms with E-state index in [1.54, 1.807) is 11.8 Å². The number of nitrogens with one attached hydrogen (secondary N) is 1. The van der Waals surface area contributed by atoms with Crippen molar-refractivity contribution >= 4 is 11.8 Å². The normalized spacial score (nSPS) is 12.0. The van der Waals surface area contributed by atoms with E-state index in [9.17, 15) is 9.59 Å². The van der Waals surface area contributed by atoms with Crippen molar-refractivity contribution in [1.29, 1.82) is 0 Å². The number of amides is 2. The molecule has 0 radical (unpaired) electrons. The van der Waals surface area contributed by atoms with Crippen LogP contribution in [0.15, 0.2) is 54.6 Å². The summed E-state index contributed by atoms with van der Waals surface area (Å²) < 4.78 is 5.73. The number of hydrogen-bond donors (Lipinski definition) is 1. The first-order valence-electron chi connectivity index (χ1n) is 10.6. The van der Waals surface area contributed by atoms with Crippen LogP contribution in [-0.2, 0) is 16.1 Å². The lowest BCUT2D eigenvalue weighted by Crippen LogP contribution is -2.49. The van der Waals surface area contributed by atoms with Gasteiger partial charge < -0.3 is 15.0 Å². The van der Waals surface area contributed by atoms with Crippen LogP contribution >= 0.6 is 0 Å². The minimum atomic E-state index is -0.594. The fourth-order valence-corrected chi connectivity index (χ4v) is 2.99. The van der Waals surface area contributed by atoms with Crippen LogP contribution in [0.25, 0.3) is 0 Å². The maximum atomic E-state index is 13.0. The average molecular weight is 411 g/mol. The molecule has 0 saturated heterocycles. The summed E-state index contributed by atoms with van der Waals surface area (Å²) in [6.07, 6.45) is 0. The van der Waals surface area contributed by atoms with Crippen molar-refractivity contribution in [3.05, 3.63) is 65.7 Å². The molecule has 30 heavy (non-hydrogen) atoms. The molecule has 162 valence electrons. The maximum Gasteiger partial charge on any atom is 0.261 e. The summed E-state index contributed by atoms with van der Waals surface area (Å²) in [6.45, 7) is 10.9. The maximum absolute atomic E-state index is 13.0. The molecule has 1 atom stereocenters. The van der Waals surface area contributed by atoms with E-state index >= 15 is 0 Å². The molecule has 1 N–H and O–H groups in total. The Balaban J connectivity index is 2.07. The van der Waals surface area contributed by atoms with Gasteiger partial charge in [-0.05, 0) is 42.0 Å². The molecular formula is C25H34N2O3. The van der Waals surface area contributed by atoms with Crippen molar-refractivity contribution in [2.75, 3.05) is 13.2 Å². The average Bonchev–Trinajstić information content (AvgIpc) is 2.74. The van der Waals surface area contributed by atoms with E-state index in [2.05, 4.69) is 19.2 Å². The molecule has 0 aliphatic rings. The first-order chi connectivity index (χ1) is 14.3. The van der Waals surface area contributed by atoms with Crippen LogP contribution in [0.4, 0.5) is 0 Å². The third-order valence-corrected chi connectivity index (χ3v) is 4.96. The molecule has 0 aliphatic heterocycles. The molecule has 0 aromatic heterocycles. The number of nitrogens with zero attached hydrogens (tertiary/aromatic N) is 1. The summed E-state index contributed by atoms with van der Waals surface area (Å²) in [5.41, 5.74) is 2.19. The highest BCUT2D eigenvalue weighted by Gasteiger charge is 2.26. The van der Waals surface area contributed by atoms with Crippen LogP contribution in [0.5, 0.6) is 5.75 Å². The molecule has 2 aromatic rings. The molecule has 2 rings (SSSR count). The SMILES string of the molecule is CC(C)CNC(=O)[C@@H](C)N(Cc1ccccc1)C(=O)COc1ccc(C(C)C)cc1. The van der Waals surface area contributed by atoms with E-state index in [1.807, 2.05) is 68.4 Å². The minimum absolute atomic E-state index is 0.115. The van der Waals surface area contributed by atoms with Crippen LogP contribution < -0.4 is 10.1 Å². The molecule has 0 bridgehead atoms. The molecule has 2 aromatic carbocycles. The lowest BCUT2D eigenvalue weighted by Gasteiger charge is -2.29. The van der Waals surface area contributed by atoms with E-state index in [4.69, 9.17) is 4.74 Å². The number of carbonyl (C=O) groups excluding carboxylic acids is 2. The van der Waals surface area contributed by atoms with E-state index in [1.165, 1.54) is 5.56 Å². The highest BCUT2D eigenvalue weighted by molar-refractivity contribution is 5.87. The zero-order valence-corrected chi connectivity index (χ0v) is 18.7. The van der Waals surface area contributed by atoms with Gasteiger partial charge >= 0.3 is 0 Å². The van der Waals surface area contributed by atoms with Crippen LogP contribution in [0.3, 0.4) is 0 Å². The molecule has 0 fully saturated rings. The fraction of sp³-hybridized carbons (Fsp3) is 0.440. The van der Waals surface area contributed by atoms with Crippen LogP contribution in [-0.4, -0.2) is 35.9 Å². The summed E-state index contributed by atoms with van der Waals surface area (Å²) in [4.78, 5) is 27.2. The van der Waals surface area contributed by atoms with Gasteiger partial charge in [-0.1, -0.05) is 70.2 Å². The number of rotatable bonds is 10. The Kier molecular flexibility index (Phi) is 8.90. The van der Waals surface area contributed by atoms with Gasteiger partial charge in [0.15, 0.2) is 6.61 Å². The summed E-state index contributed by atoms with van der Waals surface area (Å²) in [5.74, 6) is 1.04. The lowest BCUT2D eigenvalue weighted by atomic mass is 10.0. The van der Waals surface area contributed by atoms with E-state index in [0.717, 1.165) is 5.56 Å². The molecule has 0 spiro atoms. The Morgan fingerprint density at radius 3 is 2.13 bits per heavy atom. The second-order valence-electron chi connectivity index (χ2n) is 8.33. The molecule has 0 unspecified atom stereocenters. The largest absolute Gasteiger partial charge is 0.484 e. The molecule has 5 nitrogen and oxygen atoms in total. The fourth-order valence-electron chi connectivity index (χ4n) is 2.99. The van der Waals surface area contributed by atoms with Crippen molar-refractivity contribution < 1.29 is 14.3 Å². The Bertz CT molecular complexity index is 801. The molecule has 0 saturated carbocycles. The second-order valence-corrected chi connectivity index (χ2v) is 8.33. The van der Waals surface area contributed by atoms with Crippen molar-refractivity contribution in [3.63, 3.8) is 0 Å². The Morgan fingerprint density at radius 2 is 1.57 bits per heavy atom. The minimum Gasteiger partial charge on any atom is -0.484 e. The first-order valence-corrected chi connectivity index (χ1v) is 10.6. The summed E-state index contributed by atoms with van der Waals surface area (Å²) in [7, 11) is 0. The van der Waals surface area contributed by atoms with Gasteiger partial charge in [0, 0.05) is 13.1 Å². The van der Waals surface area contributed by atoms with E-state index < -0.39 is 6.04 Å². The van der Waals surface area contributed by atoms with Crippen LogP contribution in [0.1, 0.15) is 51.7 Å². The molecule has 0 aliphatic carbocycles. The van der Waals surface area contributed by atoms with Gasteiger partial charge in [0.05, 0.1) is 0 Å². The predicted molar refractivity (Wildman–Crippen MR) is 120 cm³/mol. The summed E-state index contributed by atoms with van der Waals surface area (Å²) in [6, 6.07) is 16.9. The molecular weight excluding hydrogens is 376 g/mol. The first kappa shape index (κ1) is 23.5. The number of ether oxygens (including phenoxy) is 1. The summed E-state index contributed by atoms with van der Waals surface area (Å²) >= 11 is 0. The van der Waals surface area contributed by atoms with E-state index in [-0.39, 0.29) is 18.4 Å². The van der Waals surface area contributed by atoms with Gasteiger partial charge in [0.1, 0.15) is 11.8 Å². The Morgan fingerprint density at radius 1 is 0.933 bits per heavy atom. The van der Waals surface area contributed by atoms with Gasteiger partial charge in [-0.2, -0.15) is 0 Å². The van der Waals surface area contributed by atoms with Crippen LogP contribution in [0.2, 0.25) is 0 Å². The third kappa shape index (κ3) is 7.21. The Labute approximate surface area is 180 Å². The van der Waals surface area contributed by atoms with Gasteiger partial charge in [-0.25, -0.2) is 0 Å². The van der Waals surface area contributed by atoms with Gasteiger partial charge in [0.25, 0.3) is 5.91 Å². The quantitative estimate of drug-likeness (QED) is 0.632. The van der Waals surface area contributed by atoms with E-state index in [0.29, 0.717) is 30.7 Å². The zero-order valence-electron chi connectivity index (χ0n) is 18.7. The van der Waals surface area contributed by atoms with Gasteiger partial charge in [-0.15, -0.1) is 0 Å². The number of carbonyl (C=O) groups is 2. The van der Waals surface area contributed by atoms with Gasteiger partial charge in [0.2, 0.25) is 5.91 Å². The van der Waals surface area contributed by atoms with Crippen LogP contribution in [0, 0.1) is 5.92 Å². The third-order valence-electron chi connectivity index (χ3n) is 4.96. The lowest BCUT2D eigenvalue weighted by molar-refractivity contribution is -0.142. The molecule has 2 amide bonds. The smallest absolute Gasteiger partial charge is 0.261 e. The topological polar surface area (TPSA) is 58.6 Å². The molecule has 5 heteroatoms. The van der Waals surface area contributed by atoms with Gasteiger partial charge in [-0.3, -0.25) is 9.59 Å². The highest BCUT2D eigenvalue weighted by Crippen LogP contribution is 2.19.